The topological polar surface area (TPSA) is 88.3 Å². The van der Waals surface area contributed by atoms with Crippen molar-refractivity contribution >= 4 is 23.0 Å². The summed E-state index contributed by atoms with van der Waals surface area (Å²) in [5.74, 6) is -0.986. The minimum atomic E-state index is -3.72. The normalized spacial score (nSPS) is 11.8. The lowest BCUT2D eigenvalue weighted by molar-refractivity contribution is 0.0551. The minimum Gasteiger partial charge on any atom is -0.376 e. The highest BCUT2D eigenvalue weighted by molar-refractivity contribution is 6.21. The molecule has 10 heteroatoms. The third kappa shape index (κ3) is 3.75. The van der Waals surface area contributed by atoms with Crippen LogP contribution in [0.15, 0.2) is 38.4 Å². The summed E-state index contributed by atoms with van der Waals surface area (Å²) in [6, 6.07) is 6.70. The molecule has 0 spiro atoms. The van der Waals surface area contributed by atoms with Crippen LogP contribution < -0.4 is 21.1 Å². The van der Waals surface area contributed by atoms with Crippen LogP contribution in [0, 0.1) is 0 Å². The molecule has 0 aliphatic rings. The highest BCUT2D eigenvalue weighted by atomic mass is 35.5. The number of halogens is 3. The Morgan fingerprint density at radius 1 is 1.14 bits per heavy atom. The molecule has 0 atom stereocenters. The lowest BCUT2D eigenvalue weighted by Gasteiger charge is -2.25. The number of anilines is 2. The molecule has 0 fully saturated rings. The zero-order chi connectivity index (χ0) is 20.5. The molecule has 0 aliphatic heterocycles. The molecule has 28 heavy (non-hydrogen) atoms. The molecule has 148 valence electrons. The van der Waals surface area contributed by atoms with Gasteiger partial charge in [-0.1, -0.05) is 29.4 Å². The maximum Gasteiger partial charge on any atom is 0.400 e. The number of hydrogen-bond acceptors (Lipinski definition) is 7. The Labute approximate surface area is 163 Å². The van der Waals surface area contributed by atoms with Gasteiger partial charge in [-0.15, -0.1) is 0 Å². The first-order valence-corrected chi connectivity index (χ1v) is 8.96. The van der Waals surface area contributed by atoms with E-state index in [9.17, 15) is 18.4 Å². The Morgan fingerprint density at radius 3 is 2.32 bits per heavy atom. The Bertz CT molecular complexity index is 1030. The quantitative estimate of drug-likeness (QED) is 0.451. The fraction of sp³-hybridized carbons (Fsp3) is 0.333. The van der Waals surface area contributed by atoms with E-state index >= 15 is 0 Å². The van der Waals surface area contributed by atoms with Crippen molar-refractivity contribution in [3.63, 3.8) is 0 Å². The maximum absolute atomic E-state index is 13.0. The van der Waals surface area contributed by atoms with Gasteiger partial charge in [0.2, 0.25) is 5.82 Å². The number of aromatic nitrogens is 2. The first-order chi connectivity index (χ1) is 13.3. The summed E-state index contributed by atoms with van der Waals surface area (Å²) in [4.78, 5) is 29.1. The van der Waals surface area contributed by atoms with Crippen LogP contribution in [0.3, 0.4) is 0 Å². The summed E-state index contributed by atoms with van der Waals surface area (Å²) in [6.45, 7) is 5.38. The van der Waals surface area contributed by atoms with Gasteiger partial charge in [0.05, 0.1) is 0 Å². The second-order valence-electron chi connectivity index (χ2n) is 6.03. The summed E-state index contributed by atoms with van der Waals surface area (Å²) in [5.41, 5.74) is 0.995. The first-order valence-electron chi connectivity index (χ1n) is 8.58. The largest absolute Gasteiger partial charge is 0.400 e. The van der Waals surface area contributed by atoms with Gasteiger partial charge in [-0.2, -0.15) is 13.8 Å². The van der Waals surface area contributed by atoms with Crippen LogP contribution in [-0.2, 0) is 11.9 Å². The third-order valence-electron chi connectivity index (χ3n) is 4.31. The maximum atomic E-state index is 13.0. The number of benzene rings is 1. The van der Waals surface area contributed by atoms with Crippen LogP contribution in [0.4, 0.5) is 20.2 Å². The molecular weight excluding hydrogens is 394 g/mol. The van der Waals surface area contributed by atoms with Crippen molar-refractivity contribution in [1.82, 2.24) is 10.1 Å². The summed E-state index contributed by atoms with van der Waals surface area (Å²) >= 11 is 4.85. The molecule has 3 rings (SSSR count). The second kappa shape index (κ2) is 7.67. The Hall–Kier alpha value is -2.81. The van der Waals surface area contributed by atoms with E-state index in [0.29, 0.717) is 36.6 Å². The first kappa shape index (κ1) is 19.9. The molecule has 7 nitrogen and oxygen atoms in total. The van der Waals surface area contributed by atoms with Crippen LogP contribution in [-0.4, -0.2) is 23.2 Å². The lowest BCUT2D eigenvalue weighted by atomic mass is 10.1. The molecule has 2 aromatic carbocycles. The van der Waals surface area contributed by atoms with E-state index in [1.165, 1.54) is 0 Å². The van der Waals surface area contributed by atoms with Gasteiger partial charge >= 0.3 is 11.3 Å². The van der Waals surface area contributed by atoms with Gasteiger partial charge in [0.25, 0.3) is 10.9 Å². The summed E-state index contributed by atoms with van der Waals surface area (Å²) < 4.78 is 30.4. The van der Waals surface area contributed by atoms with Crippen molar-refractivity contribution in [3.8, 4) is 11.4 Å². The SMILES string of the molecule is CCN(CC)c1c(NCc2ccc(-c3noc(C(F)(F)Cl)n3)cc2)c(=O)c1=O. The van der Waals surface area contributed by atoms with E-state index in [1.807, 2.05) is 18.7 Å². The van der Waals surface area contributed by atoms with E-state index in [2.05, 4.69) is 20.0 Å². The molecule has 0 radical (unpaired) electrons. The molecule has 1 N–H and O–H groups in total. The van der Waals surface area contributed by atoms with Gasteiger partial charge in [0, 0.05) is 25.2 Å². The van der Waals surface area contributed by atoms with Gasteiger partial charge in [0.15, 0.2) is 0 Å². The molecular formula is C18H17ClF2N4O3. The molecule has 0 amide bonds. The van der Waals surface area contributed by atoms with E-state index in [-0.39, 0.29) is 5.82 Å². The Kier molecular flexibility index (Phi) is 5.46. The fourth-order valence-corrected chi connectivity index (χ4v) is 2.88. The smallest absolute Gasteiger partial charge is 0.376 e. The molecule has 0 saturated heterocycles. The molecule has 3 aromatic rings. The highest BCUT2D eigenvalue weighted by Gasteiger charge is 2.35. The summed E-state index contributed by atoms with van der Waals surface area (Å²) in [6.07, 6.45) is 0. The predicted octanol–water partition coefficient (Wildman–Crippen LogP) is 3.08. The molecule has 1 aromatic heterocycles. The fourth-order valence-electron chi connectivity index (χ4n) is 2.80. The lowest BCUT2D eigenvalue weighted by Crippen LogP contribution is -2.42. The van der Waals surface area contributed by atoms with Gasteiger partial charge in [-0.3, -0.25) is 9.59 Å². The summed E-state index contributed by atoms with van der Waals surface area (Å²) in [7, 11) is 0. The van der Waals surface area contributed by atoms with E-state index in [1.54, 1.807) is 24.3 Å². The zero-order valence-corrected chi connectivity index (χ0v) is 15.9. The monoisotopic (exact) mass is 410 g/mol. The molecule has 0 aliphatic carbocycles. The number of alkyl halides is 3. The third-order valence-corrected chi connectivity index (χ3v) is 4.48. The van der Waals surface area contributed by atoms with Crippen LogP contribution in [0.1, 0.15) is 25.3 Å². The van der Waals surface area contributed by atoms with Gasteiger partial charge in [-0.05, 0) is 31.0 Å². The van der Waals surface area contributed by atoms with Crippen molar-refractivity contribution in [2.45, 2.75) is 25.8 Å². The second-order valence-corrected chi connectivity index (χ2v) is 6.50. The van der Waals surface area contributed by atoms with E-state index < -0.39 is 22.1 Å². The van der Waals surface area contributed by atoms with Crippen LogP contribution in [0.25, 0.3) is 11.4 Å². The number of rotatable bonds is 8. The van der Waals surface area contributed by atoms with Gasteiger partial charge < -0.3 is 14.7 Å². The van der Waals surface area contributed by atoms with Crippen LogP contribution in [0.5, 0.6) is 0 Å². The van der Waals surface area contributed by atoms with Crippen molar-refractivity contribution < 1.29 is 13.3 Å². The average molecular weight is 411 g/mol. The number of nitrogens with zero attached hydrogens (tertiary/aromatic N) is 3. The van der Waals surface area contributed by atoms with Crippen molar-refractivity contribution in [3.05, 3.63) is 56.2 Å². The van der Waals surface area contributed by atoms with Crippen molar-refractivity contribution in [1.29, 1.82) is 0 Å². The van der Waals surface area contributed by atoms with E-state index in [4.69, 9.17) is 11.6 Å². The summed E-state index contributed by atoms with van der Waals surface area (Å²) in [5, 5.41) is 2.76. The minimum absolute atomic E-state index is 0.0128. The molecule has 0 saturated carbocycles. The van der Waals surface area contributed by atoms with Gasteiger partial charge in [0.1, 0.15) is 11.4 Å². The standard InChI is InChI=1S/C18H17ClF2N4O3/c1-3-25(4-2)13-12(14(26)15(13)27)22-9-10-5-7-11(8-6-10)16-23-17(28-24-16)18(19,20)21/h5-8,22H,3-4,9H2,1-2H3. The van der Waals surface area contributed by atoms with Crippen molar-refractivity contribution in [2.75, 3.05) is 23.3 Å². The molecule has 1 heterocycles. The Balaban J connectivity index is 1.71. The van der Waals surface area contributed by atoms with E-state index in [0.717, 1.165) is 5.56 Å². The van der Waals surface area contributed by atoms with Crippen LogP contribution >= 0.6 is 11.6 Å². The van der Waals surface area contributed by atoms with Gasteiger partial charge in [-0.25, -0.2) is 0 Å². The highest BCUT2D eigenvalue weighted by Crippen LogP contribution is 2.32. The number of hydrogen-bond donors (Lipinski definition) is 1. The molecule has 0 unspecified atom stereocenters. The zero-order valence-electron chi connectivity index (χ0n) is 15.1. The number of nitrogens with one attached hydrogen (secondary N) is 1. The van der Waals surface area contributed by atoms with Crippen molar-refractivity contribution in [2.24, 2.45) is 0 Å². The molecule has 0 bridgehead atoms. The predicted molar refractivity (Wildman–Crippen MR) is 102 cm³/mol. The average Bonchev–Trinajstić information content (AvgIpc) is 3.18. The Morgan fingerprint density at radius 2 is 1.79 bits per heavy atom. The van der Waals surface area contributed by atoms with Crippen LogP contribution in [0.2, 0.25) is 0 Å².